The van der Waals surface area contributed by atoms with Crippen molar-refractivity contribution in [1.29, 1.82) is 0 Å². The van der Waals surface area contributed by atoms with Crippen LogP contribution in [0.3, 0.4) is 0 Å². The number of hydrogen-bond donors (Lipinski definition) is 2. The standard InChI is InChI=1S/C17H26N2O2/c1-2-3-7-14(12-18)19-17(20)11-16-15-8-5-4-6-13(15)9-10-21-16/h4-6,8,14,16H,2-3,7,9-12,18H2,1H3,(H,19,20). The Kier molecular flexibility index (Phi) is 6.21. The minimum Gasteiger partial charge on any atom is -0.373 e. The summed E-state index contributed by atoms with van der Waals surface area (Å²) in [6.07, 6.45) is 4.33. The molecule has 2 rings (SSSR count). The third-order valence-corrected chi connectivity index (χ3v) is 4.02. The van der Waals surface area contributed by atoms with Crippen LogP contribution < -0.4 is 11.1 Å². The zero-order valence-electron chi connectivity index (χ0n) is 12.8. The Morgan fingerprint density at radius 2 is 2.29 bits per heavy atom. The molecule has 0 spiro atoms. The number of fused-ring (bicyclic) bond motifs is 1. The lowest BCUT2D eigenvalue weighted by atomic mass is 9.95. The van der Waals surface area contributed by atoms with E-state index in [2.05, 4.69) is 24.4 Å². The number of nitrogens with two attached hydrogens (primary N) is 1. The zero-order chi connectivity index (χ0) is 15.1. The molecule has 1 aromatic carbocycles. The maximum atomic E-state index is 12.2. The molecule has 3 N–H and O–H groups in total. The highest BCUT2D eigenvalue weighted by Gasteiger charge is 2.23. The molecule has 0 fully saturated rings. The Morgan fingerprint density at radius 1 is 1.48 bits per heavy atom. The first-order valence-corrected chi connectivity index (χ1v) is 7.93. The predicted octanol–water partition coefficient (Wildman–Crippen LogP) is 2.32. The fourth-order valence-corrected chi connectivity index (χ4v) is 2.80. The van der Waals surface area contributed by atoms with Gasteiger partial charge in [0.15, 0.2) is 0 Å². The van der Waals surface area contributed by atoms with Gasteiger partial charge in [0.25, 0.3) is 0 Å². The van der Waals surface area contributed by atoms with Crippen LogP contribution >= 0.6 is 0 Å². The minimum absolute atomic E-state index is 0.0308. The molecule has 0 bridgehead atoms. The van der Waals surface area contributed by atoms with E-state index in [1.54, 1.807) is 0 Å². The molecule has 0 radical (unpaired) electrons. The molecule has 0 saturated carbocycles. The van der Waals surface area contributed by atoms with Crippen LogP contribution in [0.5, 0.6) is 0 Å². The van der Waals surface area contributed by atoms with Crippen molar-refractivity contribution in [2.75, 3.05) is 13.2 Å². The van der Waals surface area contributed by atoms with Gasteiger partial charge in [0.1, 0.15) is 0 Å². The lowest BCUT2D eigenvalue weighted by Gasteiger charge is -2.26. The summed E-state index contributed by atoms with van der Waals surface area (Å²) in [5, 5.41) is 3.04. The molecule has 2 unspecified atom stereocenters. The molecule has 0 aliphatic carbocycles. The second-order valence-corrected chi connectivity index (χ2v) is 5.65. The van der Waals surface area contributed by atoms with E-state index in [0.717, 1.165) is 31.2 Å². The van der Waals surface area contributed by atoms with Crippen LogP contribution in [0, 0.1) is 0 Å². The van der Waals surface area contributed by atoms with Gasteiger partial charge in [-0.25, -0.2) is 0 Å². The molecular weight excluding hydrogens is 264 g/mol. The SMILES string of the molecule is CCCCC(CN)NC(=O)CC1OCCc2ccccc21. The number of carbonyl (C=O) groups is 1. The van der Waals surface area contributed by atoms with Crippen molar-refractivity contribution in [3.63, 3.8) is 0 Å². The minimum atomic E-state index is -0.125. The average molecular weight is 290 g/mol. The molecule has 1 amide bonds. The molecule has 1 aliphatic heterocycles. The largest absolute Gasteiger partial charge is 0.373 e. The summed E-state index contributed by atoms with van der Waals surface area (Å²) in [5.41, 5.74) is 8.17. The van der Waals surface area contributed by atoms with E-state index in [9.17, 15) is 4.79 Å². The number of carbonyl (C=O) groups excluding carboxylic acids is 1. The highest BCUT2D eigenvalue weighted by atomic mass is 16.5. The summed E-state index contributed by atoms with van der Waals surface area (Å²) in [7, 11) is 0. The Bertz CT molecular complexity index is 462. The summed E-state index contributed by atoms with van der Waals surface area (Å²) in [6, 6.07) is 8.30. The first kappa shape index (κ1) is 16.0. The molecule has 1 aromatic rings. The van der Waals surface area contributed by atoms with Gasteiger partial charge in [-0.3, -0.25) is 4.79 Å². The lowest BCUT2D eigenvalue weighted by molar-refractivity contribution is -0.125. The van der Waals surface area contributed by atoms with E-state index < -0.39 is 0 Å². The Morgan fingerprint density at radius 3 is 3.05 bits per heavy atom. The highest BCUT2D eigenvalue weighted by Crippen LogP contribution is 2.29. The second-order valence-electron chi connectivity index (χ2n) is 5.65. The van der Waals surface area contributed by atoms with E-state index in [4.69, 9.17) is 10.5 Å². The summed E-state index contributed by atoms with van der Waals surface area (Å²) in [5.74, 6) is 0.0308. The molecule has 4 heteroatoms. The van der Waals surface area contributed by atoms with Gasteiger partial charge in [0.05, 0.1) is 19.1 Å². The van der Waals surface area contributed by atoms with Crippen molar-refractivity contribution in [3.05, 3.63) is 35.4 Å². The van der Waals surface area contributed by atoms with Gasteiger partial charge in [-0.05, 0) is 24.0 Å². The maximum absolute atomic E-state index is 12.2. The van der Waals surface area contributed by atoms with Crippen LogP contribution in [0.1, 0.15) is 49.8 Å². The number of amides is 1. The van der Waals surface area contributed by atoms with Gasteiger partial charge in [0, 0.05) is 12.6 Å². The van der Waals surface area contributed by atoms with Crippen LogP contribution in [0.2, 0.25) is 0 Å². The van der Waals surface area contributed by atoms with Crippen LogP contribution in [0.4, 0.5) is 0 Å². The smallest absolute Gasteiger partial charge is 0.223 e. The van der Waals surface area contributed by atoms with Gasteiger partial charge < -0.3 is 15.8 Å². The number of rotatable bonds is 7. The Balaban J connectivity index is 1.91. The van der Waals surface area contributed by atoms with Crippen molar-refractivity contribution in [3.8, 4) is 0 Å². The first-order chi connectivity index (χ1) is 10.2. The fourth-order valence-electron chi connectivity index (χ4n) is 2.80. The molecular formula is C17H26N2O2. The zero-order valence-corrected chi connectivity index (χ0v) is 12.8. The van der Waals surface area contributed by atoms with Gasteiger partial charge in [-0.1, -0.05) is 44.0 Å². The summed E-state index contributed by atoms with van der Waals surface area (Å²) in [6.45, 7) is 3.32. The van der Waals surface area contributed by atoms with Gasteiger partial charge >= 0.3 is 0 Å². The second kappa shape index (κ2) is 8.15. The number of ether oxygens (including phenoxy) is 1. The molecule has 4 nitrogen and oxygen atoms in total. The van der Waals surface area contributed by atoms with Gasteiger partial charge in [-0.15, -0.1) is 0 Å². The summed E-state index contributed by atoms with van der Waals surface area (Å²) < 4.78 is 5.78. The van der Waals surface area contributed by atoms with Crippen LogP contribution in [-0.2, 0) is 16.0 Å². The predicted molar refractivity (Wildman–Crippen MR) is 84.0 cm³/mol. The topological polar surface area (TPSA) is 64.3 Å². The highest BCUT2D eigenvalue weighted by molar-refractivity contribution is 5.77. The Labute approximate surface area is 127 Å². The van der Waals surface area contributed by atoms with Crippen LogP contribution in [0.15, 0.2) is 24.3 Å². The monoisotopic (exact) mass is 290 g/mol. The van der Waals surface area contributed by atoms with E-state index in [1.165, 1.54) is 5.56 Å². The van der Waals surface area contributed by atoms with E-state index in [1.807, 2.05) is 12.1 Å². The van der Waals surface area contributed by atoms with Crippen LogP contribution in [0.25, 0.3) is 0 Å². The molecule has 1 aliphatic rings. The van der Waals surface area contributed by atoms with Crippen LogP contribution in [-0.4, -0.2) is 25.1 Å². The van der Waals surface area contributed by atoms with Crippen molar-refractivity contribution in [2.24, 2.45) is 5.73 Å². The first-order valence-electron chi connectivity index (χ1n) is 7.93. The quantitative estimate of drug-likeness (QED) is 0.810. The summed E-state index contributed by atoms with van der Waals surface area (Å²) >= 11 is 0. The normalized spacial score (nSPS) is 18.9. The van der Waals surface area contributed by atoms with Crippen molar-refractivity contribution >= 4 is 5.91 Å². The third-order valence-electron chi connectivity index (χ3n) is 4.02. The fraction of sp³-hybridized carbons (Fsp3) is 0.588. The third kappa shape index (κ3) is 4.55. The van der Waals surface area contributed by atoms with Gasteiger partial charge in [-0.2, -0.15) is 0 Å². The molecule has 116 valence electrons. The van der Waals surface area contributed by atoms with E-state index >= 15 is 0 Å². The lowest BCUT2D eigenvalue weighted by Crippen LogP contribution is -2.41. The Hall–Kier alpha value is -1.39. The van der Waals surface area contributed by atoms with Crippen molar-refractivity contribution in [1.82, 2.24) is 5.32 Å². The molecule has 0 aromatic heterocycles. The number of benzene rings is 1. The van der Waals surface area contributed by atoms with Crippen molar-refractivity contribution in [2.45, 2.75) is 51.2 Å². The van der Waals surface area contributed by atoms with Gasteiger partial charge in [0.2, 0.25) is 5.91 Å². The van der Waals surface area contributed by atoms with Crippen molar-refractivity contribution < 1.29 is 9.53 Å². The number of unbranched alkanes of at least 4 members (excludes halogenated alkanes) is 1. The number of hydrogen-bond acceptors (Lipinski definition) is 3. The molecule has 0 saturated heterocycles. The molecule has 1 heterocycles. The van der Waals surface area contributed by atoms with E-state index in [-0.39, 0.29) is 18.1 Å². The van der Waals surface area contributed by atoms with E-state index in [0.29, 0.717) is 19.6 Å². The number of nitrogens with one attached hydrogen (secondary N) is 1. The molecule has 21 heavy (non-hydrogen) atoms. The summed E-state index contributed by atoms with van der Waals surface area (Å²) in [4.78, 5) is 12.2. The molecule has 2 atom stereocenters. The maximum Gasteiger partial charge on any atom is 0.223 e. The average Bonchev–Trinajstić information content (AvgIpc) is 2.51.